The largest absolute Gasteiger partial charge is 0.367 e. The standard InChI is InChI=1S/C20H23N3O/c24-20(16-10-11-21-19(14-16)22-17-8-9-17)23-12-4-7-18(23)13-15-5-2-1-3-6-15/h1-3,5-6,10-11,14,17-18H,4,7-9,12-13H2,(H,21,22)/t18-/m0/s1. The third kappa shape index (κ3) is 3.42. The highest BCUT2D eigenvalue weighted by Gasteiger charge is 2.30. The summed E-state index contributed by atoms with van der Waals surface area (Å²) in [5.41, 5.74) is 2.04. The fourth-order valence-electron chi connectivity index (χ4n) is 3.45. The molecule has 1 N–H and O–H groups in total. The molecule has 0 spiro atoms. The van der Waals surface area contributed by atoms with Crippen LogP contribution in [0.3, 0.4) is 0 Å². The van der Waals surface area contributed by atoms with Gasteiger partial charge in [-0.25, -0.2) is 4.98 Å². The summed E-state index contributed by atoms with van der Waals surface area (Å²) in [7, 11) is 0. The third-order valence-electron chi connectivity index (χ3n) is 4.89. The molecular weight excluding hydrogens is 298 g/mol. The topological polar surface area (TPSA) is 45.2 Å². The lowest BCUT2D eigenvalue weighted by Crippen LogP contribution is -2.36. The van der Waals surface area contributed by atoms with Gasteiger partial charge in [-0.2, -0.15) is 0 Å². The molecule has 24 heavy (non-hydrogen) atoms. The van der Waals surface area contributed by atoms with Gasteiger partial charge >= 0.3 is 0 Å². The minimum Gasteiger partial charge on any atom is -0.367 e. The maximum atomic E-state index is 13.0. The fourth-order valence-corrected chi connectivity index (χ4v) is 3.45. The minimum absolute atomic E-state index is 0.134. The molecule has 1 amide bonds. The van der Waals surface area contributed by atoms with E-state index in [2.05, 4.69) is 34.6 Å². The summed E-state index contributed by atoms with van der Waals surface area (Å²) in [6.07, 6.45) is 7.24. The van der Waals surface area contributed by atoms with Crippen molar-refractivity contribution in [2.45, 2.75) is 44.2 Å². The molecule has 4 rings (SSSR count). The maximum absolute atomic E-state index is 13.0. The summed E-state index contributed by atoms with van der Waals surface area (Å²) < 4.78 is 0. The second-order valence-corrected chi connectivity index (χ2v) is 6.83. The number of anilines is 1. The Morgan fingerprint density at radius 3 is 2.79 bits per heavy atom. The summed E-state index contributed by atoms with van der Waals surface area (Å²) in [4.78, 5) is 19.3. The summed E-state index contributed by atoms with van der Waals surface area (Å²) in [6, 6.07) is 15.0. The van der Waals surface area contributed by atoms with Crippen LogP contribution < -0.4 is 5.32 Å². The van der Waals surface area contributed by atoms with Crippen molar-refractivity contribution in [1.82, 2.24) is 9.88 Å². The normalized spacial score (nSPS) is 20.2. The van der Waals surface area contributed by atoms with E-state index < -0.39 is 0 Å². The lowest BCUT2D eigenvalue weighted by molar-refractivity contribution is 0.0736. The van der Waals surface area contributed by atoms with E-state index in [0.29, 0.717) is 12.1 Å². The number of nitrogens with one attached hydrogen (secondary N) is 1. The van der Waals surface area contributed by atoms with Crippen LogP contribution in [0.1, 0.15) is 41.6 Å². The molecule has 2 heterocycles. The second-order valence-electron chi connectivity index (χ2n) is 6.83. The maximum Gasteiger partial charge on any atom is 0.254 e. The Bertz CT molecular complexity index is 712. The lowest BCUT2D eigenvalue weighted by Gasteiger charge is -2.25. The Kier molecular flexibility index (Phi) is 4.20. The number of hydrogen-bond donors (Lipinski definition) is 1. The van der Waals surface area contributed by atoms with Crippen LogP contribution in [0.25, 0.3) is 0 Å². The molecule has 2 fully saturated rings. The molecule has 1 atom stereocenters. The smallest absolute Gasteiger partial charge is 0.254 e. The number of pyridine rings is 1. The van der Waals surface area contributed by atoms with Gasteiger partial charge in [0.1, 0.15) is 5.82 Å². The molecule has 2 aliphatic rings. The van der Waals surface area contributed by atoms with Gasteiger partial charge in [0.05, 0.1) is 0 Å². The van der Waals surface area contributed by atoms with Gasteiger partial charge in [0.25, 0.3) is 5.91 Å². The first-order valence-corrected chi connectivity index (χ1v) is 8.87. The van der Waals surface area contributed by atoms with E-state index in [1.54, 1.807) is 6.20 Å². The molecule has 4 nitrogen and oxygen atoms in total. The first-order chi connectivity index (χ1) is 11.8. The average molecular weight is 321 g/mol. The van der Waals surface area contributed by atoms with E-state index in [0.717, 1.165) is 37.2 Å². The molecule has 1 saturated carbocycles. The van der Waals surface area contributed by atoms with E-state index in [1.165, 1.54) is 18.4 Å². The Morgan fingerprint density at radius 2 is 2.00 bits per heavy atom. The van der Waals surface area contributed by atoms with Crippen molar-refractivity contribution in [1.29, 1.82) is 0 Å². The van der Waals surface area contributed by atoms with E-state index in [-0.39, 0.29) is 5.91 Å². The summed E-state index contributed by atoms with van der Waals surface area (Å²) in [5, 5.41) is 3.37. The van der Waals surface area contributed by atoms with Crippen molar-refractivity contribution in [3.63, 3.8) is 0 Å². The molecule has 124 valence electrons. The number of nitrogens with zero attached hydrogens (tertiary/aromatic N) is 2. The highest BCUT2D eigenvalue weighted by atomic mass is 16.2. The van der Waals surface area contributed by atoms with Crippen molar-refractivity contribution in [2.24, 2.45) is 0 Å². The zero-order valence-electron chi connectivity index (χ0n) is 13.8. The van der Waals surface area contributed by atoms with Crippen LogP contribution in [-0.4, -0.2) is 34.4 Å². The van der Waals surface area contributed by atoms with Gasteiger partial charge in [0, 0.05) is 30.4 Å². The first-order valence-electron chi connectivity index (χ1n) is 8.87. The van der Waals surface area contributed by atoms with Gasteiger partial charge in [0.15, 0.2) is 0 Å². The van der Waals surface area contributed by atoms with Crippen LogP contribution in [-0.2, 0) is 6.42 Å². The quantitative estimate of drug-likeness (QED) is 0.917. The summed E-state index contributed by atoms with van der Waals surface area (Å²) >= 11 is 0. The zero-order chi connectivity index (χ0) is 16.4. The Morgan fingerprint density at radius 1 is 1.17 bits per heavy atom. The fraction of sp³-hybridized carbons (Fsp3) is 0.400. The molecule has 0 bridgehead atoms. The Hall–Kier alpha value is -2.36. The monoisotopic (exact) mass is 321 g/mol. The van der Waals surface area contributed by atoms with E-state index in [1.807, 2.05) is 23.1 Å². The van der Waals surface area contributed by atoms with Gasteiger partial charge < -0.3 is 10.2 Å². The van der Waals surface area contributed by atoms with Crippen LogP contribution in [0.2, 0.25) is 0 Å². The van der Waals surface area contributed by atoms with Gasteiger partial charge in [-0.15, -0.1) is 0 Å². The van der Waals surface area contributed by atoms with Crippen LogP contribution in [0, 0.1) is 0 Å². The predicted molar refractivity (Wildman–Crippen MR) is 95.1 cm³/mol. The first kappa shape index (κ1) is 15.2. The SMILES string of the molecule is O=C(c1ccnc(NC2CC2)c1)N1CCC[C@H]1Cc1ccccc1. The number of carbonyl (C=O) groups is 1. The molecule has 1 saturated heterocycles. The van der Waals surface area contributed by atoms with Gasteiger partial charge in [-0.3, -0.25) is 4.79 Å². The highest BCUT2D eigenvalue weighted by molar-refractivity contribution is 5.95. The zero-order valence-corrected chi connectivity index (χ0v) is 13.8. The van der Waals surface area contributed by atoms with Gasteiger partial charge in [-0.1, -0.05) is 30.3 Å². The second kappa shape index (κ2) is 6.63. The van der Waals surface area contributed by atoms with Crippen molar-refractivity contribution < 1.29 is 4.79 Å². The molecule has 1 aromatic heterocycles. The Labute approximate surface area is 142 Å². The third-order valence-corrected chi connectivity index (χ3v) is 4.89. The highest BCUT2D eigenvalue weighted by Crippen LogP contribution is 2.26. The number of hydrogen-bond acceptors (Lipinski definition) is 3. The van der Waals surface area contributed by atoms with Gasteiger partial charge in [0.2, 0.25) is 0 Å². The van der Waals surface area contributed by atoms with E-state index in [4.69, 9.17) is 0 Å². The van der Waals surface area contributed by atoms with Gasteiger partial charge in [-0.05, 0) is 49.8 Å². The van der Waals surface area contributed by atoms with Crippen molar-refractivity contribution >= 4 is 11.7 Å². The molecule has 0 radical (unpaired) electrons. The van der Waals surface area contributed by atoms with Crippen LogP contribution in [0.15, 0.2) is 48.7 Å². The van der Waals surface area contributed by atoms with Crippen molar-refractivity contribution in [2.75, 3.05) is 11.9 Å². The van der Waals surface area contributed by atoms with E-state index >= 15 is 0 Å². The number of likely N-dealkylation sites (tertiary alicyclic amines) is 1. The lowest BCUT2D eigenvalue weighted by atomic mass is 10.0. The van der Waals surface area contributed by atoms with Crippen molar-refractivity contribution in [3.8, 4) is 0 Å². The molecular formula is C20H23N3O. The molecule has 1 aromatic carbocycles. The molecule has 1 aliphatic carbocycles. The summed E-state index contributed by atoms with van der Waals surface area (Å²) in [6.45, 7) is 0.851. The number of amides is 1. The summed E-state index contributed by atoms with van der Waals surface area (Å²) in [5.74, 6) is 0.955. The number of aromatic nitrogens is 1. The number of rotatable bonds is 5. The van der Waals surface area contributed by atoms with Crippen LogP contribution >= 0.6 is 0 Å². The van der Waals surface area contributed by atoms with Crippen LogP contribution in [0.4, 0.5) is 5.82 Å². The molecule has 0 unspecified atom stereocenters. The minimum atomic E-state index is 0.134. The average Bonchev–Trinajstić information content (AvgIpc) is 3.31. The molecule has 4 heteroatoms. The predicted octanol–water partition coefficient (Wildman–Crippen LogP) is 3.50. The van der Waals surface area contributed by atoms with E-state index in [9.17, 15) is 4.79 Å². The van der Waals surface area contributed by atoms with Crippen molar-refractivity contribution in [3.05, 3.63) is 59.8 Å². The number of carbonyl (C=O) groups excluding carboxylic acids is 1. The molecule has 1 aliphatic heterocycles. The Balaban J connectivity index is 1.48. The van der Waals surface area contributed by atoms with Crippen LogP contribution in [0.5, 0.6) is 0 Å². The number of benzene rings is 1. The molecule has 2 aromatic rings.